The van der Waals surface area contributed by atoms with Gasteiger partial charge in [-0.25, -0.2) is 0 Å². The molecule has 132 valence electrons. The number of rotatable bonds is 4. The summed E-state index contributed by atoms with van der Waals surface area (Å²) in [6.45, 7) is 6.49. The number of carbonyl (C=O) groups is 2. The van der Waals surface area contributed by atoms with Crippen molar-refractivity contribution in [1.29, 1.82) is 0 Å². The van der Waals surface area contributed by atoms with Gasteiger partial charge in [-0.1, -0.05) is 6.07 Å². The zero-order valence-electron chi connectivity index (χ0n) is 14.5. The molecule has 3 rings (SSSR count). The van der Waals surface area contributed by atoms with Crippen LogP contribution in [0.25, 0.3) is 0 Å². The molecule has 0 spiro atoms. The first-order chi connectivity index (χ1) is 12.0. The molecule has 1 aliphatic rings. The SMILES string of the molecule is Cc1ccc(C(=O)Nc2ccn(CC(=O)N3CCOCC3)n2)cc1C. The predicted octanol–water partition coefficient (Wildman–Crippen LogP) is 1.61. The van der Waals surface area contributed by atoms with E-state index >= 15 is 0 Å². The highest BCUT2D eigenvalue weighted by Crippen LogP contribution is 2.12. The Morgan fingerprint density at radius 1 is 1.16 bits per heavy atom. The fourth-order valence-corrected chi connectivity index (χ4v) is 2.64. The smallest absolute Gasteiger partial charge is 0.256 e. The van der Waals surface area contributed by atoms with Gasteiger partial charge in [-0.15, -0.1) is 0 Å². The van der Waals surface area contributed by atoms with Crippen LogP contribution in [0.2, 0.25) is 0 Å². The molecule has 25 heavy (non-hydrogen) atoms. The third-order valence-corrected chi connectivity index (χ3v) is 4.31. The van der Waals surface area contributed by atoms with E-state index in [-0.39, 0.29) is 18.4 Å². The number of anilines is 1. The molecule has 1 fully saturated rings. The third-order valence-electron chi connectivity index (χ3n) is 4.31. The first-order valence-corrected chi connectivity index (χ1v) is 8.30. The normalized spacial score (nSPS) is 14.4. The Hall–Kier alpha value is -2.67. The summed E-state index contributed by atoms with van der Waals surface area (Å²) < 4.78 is 6.78. The largest absolute Gasteiger partial charge is 0.378 e. The van der Waals surface area contributed by atoms with Crippen molar-refractivity contribution in [2.45, 2.75) is 20.4 Å². The van der Waals surface area contributed by atoms with Gasteiger partial charge in [0.15, 0.2) is 5.82 Å². The lowest BCUT2D eigenvalue weighted by molar-refractivity contribution is -0.136. The summed E-state index contributed by atoms with van der Waals surface area (Å²) in [4.78, 5) is 26.3. The monoisotopic (exact) mass is 342 g/mol. The van der Waals surface area contributed by atoms with E-state index in [9.17, 15) is 9.59 Å². The highest BCUT2D eigenvalue weighted by atomic mass is 16.5. The van der Waals surface area contributed by atoms with Crippen molar-refractivity contribution < 1.29 is 14.3 Å². The molecule has 1 saturated heterocycles. The van der Waals surface area contributed by atoms with Crippen LogP contribution in [-0.2, 0) is 16.1 Å². The van der Waals surface area contributed by atoms with Crippen molar-refractivity contribution in [3.63, 3.8) is 0 Å². The molecule has 1 N–H and O–H groups in total. The van der Waals surface area contributed by atoms with Crippen LogP contribution in [0.4, 0.5) is 5.82 Å². The van der Waals surface area contributed by atoms with Gasteiger partial charge < -0.3 is 15.0 Å². The summed E-state index contributed by atoms with van der Waals surface area (Å²) in [5.74, 6) is 0.212. The lowest BCUT2D eigenvalue weighted by Crippen LogP contribution is -2.42. The first kappa shape index (κ1) is 17.2. The number of aromatic nitrogens is 2. The number of benzene rings is 1. The van der Waals surface area contributed by atoms with Gasteiger partial charge in [0.25, 0.3) is 5.91 Å². The van der Waals surface area contributed by atoms with E-state index in [1.165, 1.54) is 4.68 Å². The lowest BCUT2D eigenvalue weighted by atomic mass is 10.1. The zero-order chi connectivity index (χ0) is 17.8. The molecular weight excluding hydrogens is 320 g/mol. The van der Waals surface area contributed by atoms with Gasteiger partial charge in [-0.05, 0) is 37.1 Å². The van der Waals surface area contributed by atoms with Gasteiger partial charge in [0.2, 0.25) is 5.91 Å². The van der Waals surface area contributed by atoms with Crippen LogP contribution in [0.3, 0.4) is 0 Å². The van der Waals surface area contributed by atoms with Crippen LogP contribution in [0, 0.1) is 13.8 Å². The number of hydrogen-bond acceptors (Lipinski definition) is 4. The van der Waals surface area contributed by atoms with Gasteiger partial charge in [-0.2, -0.15) is 5.10 Å². The molecule has 0 bridgehead atoms. The second kappa shape index (κ2) is 7.48. The van der Waals surface area contributed by atoms with E-state index < -0.39 is 0 Å². The van der Waals surface area contributed by atoms with Crippen molar-refractivity contribution >= 4 is 17.6 Å². The van der Waals surface area contributed by atoms with Crippen LogP contribution >= 0.6 is 0 Å². The highest BCUT2D eigenvalue weighted by Gasteiger charge is 2.17. The quantitative estimate of drug-likeness (QED) is 0.916. The number of carbonyl (C=O) groups excluding carboxylic acids is 2. The minimum atomic E-state index is -0.215. The van der Waals surface area contributed by atoms with Crippen LogP contribution in [-0.4, -0.2) is 52.8 Å². The number of nitrogens with one attached hydrogen (secondary N) is 1. The Labute approximate surface area is 146 Å². The van der Waals surface area contributed by atoms with E-state index in [2.05, 4.69) is 10.4 Å². The van der Waals surface area contributed by atoms with Crippen molar-refractivity contribution in [2.24, 2.45) is 0 Å². The molecule has 1 aliphatic heterocycles. The Bertz CT molecular complexity index is 778. The number of ether oxygens (including phenoxy) is 1. The Kier molecular flexibility index (Phi) is 5.14. The molecule has 0 atom stereocenters. The Balaban J connectivity index is 1.60. The summed E-state index contributed by atoms with van der Waals surface area (Å²) in [5.41, 5.74) is 2.79. The summed E-state index contributed by atoms with van der Waals surface area (Å²) in [7, 11) is 0. The van der Waals surface area contributed by atoms with E-state index in [0.717, 1.165) is 11.1 Å². The molecule has 1 aromatic carbocycles. The van der Waals surface area contributed by atoms with Gasteiger partial charge >= 0.3 is 0 Å². The summed E-state index contributed by atoms with van der Waals surface area (Å²) in [6, 6.07) is 7.25. The molecule has 2 aromatic rings. The standard InChI is InChI=1S/C18H22N4O3/c1-13-3-4-15(11-14(13)2)18(24)19-16-5-6-22(20-16)12-17(23)21-7-9-25-10-8-21/h3-6,11H,7-10,12H2,1-2H3,(H,19,20,24). The molecule has 0 radical (unpaired) electrons. The minimum Gasteiger partial charge on any atom is -0.378 e. The average molecular weight is 342 g/mol. The first-order valence-electron chi connectivity index (χ1n) is 8.30. The van der Waals surface area contributed by atoms with Gasteiger partial charge in [0, 0.05) is 30.9 Å². The summed E-state index contributed by atoms with van der Waals surface area (Å²) >= 11 is 0. The zero-order valence-corrected chi connectivity index (χ0v) is 14.5. The molecule has 0 saturated carbocycles. The second-order valence-corrected chi connectivity index (χ2v) is 6.14. The highest BCUT2D eigenvalue weighted by molar-refractivity contribution is 6.03. The maximum Gasteiger partial charge on any atom is 0.256 e. The minimum absolute atomic E-state index is 0.00145. The van der Waals surface area contributed by atoms with E-state index in [1.54, 1.807) is 23.2 Å². The van der Waals surface area contributed by atoms with E-state index in [1.807, 2.05) is 26.0 Å². The number of nitrogens with zero attached hydrogens (tertiary/aromatic N) is 3. The summed E-state index contributed by atoms with van der Waals surface area (Å²) in [6.07, 6.45) is 1.69. The number of morpholine rings is 1. The maximum atomic E-state index is 12.3. The van der Waals surface area contributed by atoms with E-state index in [0.29, 0.717) is 37.7 Å². The number of aryl methyl sites for hydroxylation is 2. The van der Waals surface area contributed by atoms with Gasteiger partial charge in [-0.3, -0.25) is 14.3 Å². The van der Waals surface area contributed by atoms with Crippen molar-refractivity contribution in [2.75, 3.05) is 31.6 Å². The molecule has 2 amide bonds. The molecular formula is C18H22N4O3. The van der Waals surface area contributed by atoms with Crippen molar-refractivity contribution in [3.05, 3.63) is 47.2 Å². The number of amides is 2. The molecule has 1 aromatic heterocycles. The van der Waals surface area contributed by atoms with Crippen molar-refractivity contribution in [1.82, 2.24) is 14.7 Å². The third kappa shape index (κ3) is 4.24. The van der Waals surface area contributed by atoms with Crippen LogP contribution in [0.5, 0.6) is 0 Å². The van der Waals surface area contributed by atoms with Gasteiger partial charge in [0.05, 0.1) is 13.2 Å². The predicted molar refractivity (Wildman–Crippen MR) is 93.5 cm³/mol. The molecule has 0 aliphatic carbocycles. The maximum absolute atomic E-state index is 12.3. The molecule has 7 nitrogen and oxygen atoms in total. The van der Waals surface area contributed by atoms with Crippen LogP contribution in [0.15, 0.2) is 30.5 Å². The Morgan fingerprint density at radius 3 is 2.64 bits per heavy atom. The molecule has 2 heterocycles. The van der Waals surface area contributed by atoms with Crippen LogP contribution < -0.4 is 5.32 Å². The molecule has 0 unspecified atom stereocenters. The summed E-state index contributed by atoms with van der Waals surface area (Å²) in [5, 5.41) is 7.02. The Morgan fingerprint density at radius 2 is 1.92 bits per heavy atom. The van der Waals surface area contributed by atoms with Gasteiger partial charge in [0.1, 0.15) is 6.54 Å². The van der Waals surface area contributed by atoms with E-state index in [4.69, 9.17) is 4.74 Å². The number of hydrogen-bond donors (Lipinski definition) is 1. The molecule has 7 heteroatoms. The fraction of sp³-hybridized carbons (Fsp3) is 0.389. The van der Waals surface area contributed by atoms with Crippen molar-refractivity contribution in [3.8, 4) is 0 Å². The average Bonchev–Trinajstić information content (AvgIpc) is 3.04. The topological polar surface area (TPSA) is 76.5 Å². The fourth-order valence-electron chi connectivity index (χ4n) is 2.64. The lowest BCUT2D eigenvalue weighted by Gasteiger charge is -2.26. The van der Waals surface area contributed by atoms with Crippen LogP contribution in [0.1, 0.15) is 21.5 Å². The second-order valence-electron chi connectivity index (χ2n) is 6.14.